The Morgan fingerprint density at radius 3 is 1.88 bits per heavy atom. The second-order valence-electron chi connectivity index (χ2n) is 3.99. The minimum atomic E-state index is -1.08. The van der Waals surface area contributed by atoms with Crippen LogP contribution in [0.1, 0.15) is 27.7 Å². The third-order valence-electron chi connectivity index (χ3n) is 2.04. The molecule has 2 amide bonds. The topological polar surface area (TPSA) is 95.5 Å². The summed E-state index contributed by atoms with van der Waals surface area (Å²) in [5.41, 5.74) is 0. The summed E-state index contributed by atoms with van der Waals surface area (Å²) in [5.74, 6) is -2.14. The molecule has 0 fully saturated rings. The number of carboxylic acid groups (broad SMARTS) is 1. The Hall–Kier alpha value is -1.59. The summed E-state index contributed by atoms with van der Waals surface area (Å²) in [5, 5.41) is 13.6. The molecule has 0 unspecified atom stereocenters. The highest BCUT2D eigenvalue weighted by atomic mass is 16.4. The number of carbonyl (C=O) groups is 3. The summed E-state index contributed by atoms with van der Waals surface area (Å²) in [6.07, 6.45) is 0. The van der Waals surface area contributed by atoms with Gasteiger partial charge in [0, 0.05) is 6.92 Å². The van der Waals surface area contributed by atoms with Gasteiger partial charge in [-0.05, 0) is 12.8 Å². The highest BCUT2D eigenvalue weighted by Crippen LogP contribution is 2.02. The van der Waals surface area contributed by atoms with Crippen molar-refractivity contribution in [3.8, 4) is 0 Å². The van der Waals surface area contributed by atoms with Crippen molar-refractivity contribution in [3.05, 3.63) is 0 Å². The lowest BCUT2D eigenvalue weighted by Gasteiger charge is -2.20. The van der Waals surface area contributed by atoms with Gasteiger partial charge in [-0.2, -0.15) is 0 Å². The first-order valence-corrected chi connectivity index (χ1v) is 5.06. The number of carbonyl (C=O) groups excluding carboxylic acids is 2. The number of aliphatic carboxylic acids is 1. The molecular weight excluding hydrogens is 212 g/mol. The molecule has 3 N–H and O–H groups in total. The van der Waals surface area contributed by atoms with E-state index in [4.69, 9.17) is 5.11 Å². The van der Waals surface area contributed by atoms with E-state index in [1.54, 1.807) is 13.8 Å². The molecule has 0 heterocycles. The SMILES string of the molecule is CC(=O)N[C@@H](C)C(=O)N[C@H](C(=O)O)C(C)C. The Morgan fingerprint density at radius 1 is 1.06 bits per heavy atom. The Balaban J connectivity index is 4.40. The van der Waals surface area contributed by atoms with Crippen LogP contribution in [0, 0.1) is 5.92 Å². The van der Waals surface area contributed by atoms with Crippen molar-refractivity contribution in [3.63, 3.8) is 0 Å². The summed E-state index contributed by atoms with van der Waals surface area (Å²) in [7, 11) is 0. The van der Waals surface area contributed by atoms with E-state index in [9.17, 15) is 14.4 Å². The van der Waals surface area contributed by atoms with Crippen LogP contribution in [0.4, 0.5) is 0 Å². The first kappa shape index (κ1) is 14.4. The zero-order valence-electron chi connectivity index (χ0n) is 9.90. The Morgan fingerprint density at radius 2 is 1.56 bits per heavy atom. The number of rotatable bonds is 5. The largest absolute Gasteiger partial charge is 0.480 e. The Kier molecular flexibility index (Phi) is 5.49. The molecule has 0 aliphatic carbocycles. The Bertz CT molecular complexity index is 289. The van der Waals surface area contributed by atoms with Gasteiger partial charge in [0.15, 0.2) is 0 Å². The predicted octanol–water partition coefficient (Wildman–Crippen LogP) is -0.264. The molecule has 0 aromatic heterocycles. The second-order valence-corrected chi connectivity index (χ2v) is 3.99. The van der Waals surface area contributed by atoms with Gasteiger partial charge in [0.1, 0.15) is 12.1 Å². The van der Waals surface area contributed by atoms with Gasteiger partial charge in [0.25, 0.3) is 0 Å². The fourth-order valence-corrected chi connectivity index (χ4v) is 1.16. The van der Waals surface area contributed by atoms with Crippen molar-refractivity contribution < 1.29 is 19.5 Å². The molecule has 92 valence electrons. The molecule has 0 aromatic carbocycles. The number of carboxylic acids is 1. The van der Waals surface area contributed by atoms with Crippen molar-refractivity contribution in [2.75, 3.05) is 0 Å². The quantitative estimate of drug-likeness (QED) is 0.606. The molecule has 0 saturated heterocycles. The van der Waals surface area contributed by atoms with Gasteiger partial charge in [0.05, 0.1) is 0 Å². The minimum absolute atomic E-state index is 0.217. The molecule has 0 bridgehead atoms. The maximum absolute atomic E-state index is 11.5. The van der Waals surface area contributed by atoms with E-state index in [0.29, 0.717) is 0 Å². The van der Waals surface area contributed by atoms with Crippen LogP contribution in [0.5, 0.6) is 0 Å². The van der Waals surface area contributed by atoms with E-state index in [1.165, 1.54) is 13.8 Å². The number of hydrogen-bond donors (Lipinski definition) is 3. The highest BCUT2D eigenvalue weighted by Gasteiger charge is 2.25. The molecule has 2 atom stereocenters. The lowest BCUT2D eigenvalue weighted by Crippen LogP contribution is -2.51. The van der Waals surface area contributed by atoms with Crippen LogP contribution in [0.3, 0.4) is 0 Å². The smallest absolute Gasteiger partial charge is 0.326 e. The predicted molar refractivity (Wildman–Crippen MR) is 57.7 cm³/mol. The normalized spacial score (nSPS) is 14.1. The molecule has 0 aliphatic rings. The maximum Gasteiger partial charge on any atom is 0.326 e. The van der Waals surface area contributed by atoms with E-state index in [2.05, 4.69) is 10.6 Å². The molecule has 0 radical (unpaired) electrons. The fourth-order valence-electron chi connectivity index (χ4n) is 1.16. The molecular formula is C10H18N2O4. The van der Waals surface area contributed by atoms with E-state index in [1.807, 2.05) is 0 Å². The standard InChI is InChI=1S/C10H18N2O4/c1-5(2)8(10(15)16)12-9(14)6(3)11-7(4)13/h5-6,8H,1-4H3,(H,11,13)(H,12,14)(H,15,16)/t6-,8-/m0/s1. The second kappa shape index (κ2) is 6.09. The summed E-state index contributed by atoms with van der Waals surface area (Å²) < 4.78 is 0. The average molecular weight is 230 g/mol. The minimum Gasteiger partial charge on any atom is -0.480 e. The molecule has 0 rings (SSSR count). The maximum atomic E-state index is 11.5. The monoisotopic (exact) mass is 230 g/mol. The molecule has 0 aliphatic heterocycles. The van der Waals surface area contributed by atoms with Gasteiger partial charge < -0.3 is 15.7 Å². The number of amides is 2. The van der Waals surface area contributed by atoms with Gasteiger partial charge >= 0.3 is 5.97 Å². The lowest BCUT2D eigenvalue weighted by molar-refractivity contribution is -0.143. The number of nitrogens with one attached hydrogen (secondary N) is 2. The van der Waals surface area contributed by atoms with Crippen molar-refractivity contribution in [1.29, 1.82) is 0 Å². The number of hydrogen-bond acceptors (Lipinski definition) is 3. The zero-order chi connectivity index (χ0) is 12.9. The van der Waals surface area contributed by atoms with Crippen LogP contribution in [-0.4, -0.2) is 35.0 Å². The molecule has 0 spiro atoms. The van der Waals surface area contributed by atoms with Crippen LogP contribution < -0.4 is 10.6 Å². The van der Waals surface area contributed by atoms with Gasteiger partial charge in [0.2, 0.25) is 11.8 Å². The highest BCUT2D eigenvalue weighted by molar-refractivity contribution is 5.89. The van der Waals surface area contributed by atoms with Crippen LogP contribution >= 0.6 is 0 Å². The van der Waals surface area contributed by atoms with Crippen LogP contribution in [0.15, 0.2) is 0 Å². The van der Waals surface area contributed by atoms with Gasteiger partial charge in [-0.1, -0.05) is 13.8 Å². The molecule has 6 nitrogen and oxygen atoms in total. The summed E-state index contributed by atoms with van der Waals surface area (Å²) in [6.45, 7) is 6.18. The summed E-state index contributed by atoms with van der Waals surface area (Å²) >= 11 is 0. The van der Waals surface area contributed by atoms with E-state index >= 15 is 0 Å². The Labute approximate surface area is 94.4 Å². The summed E-state index contributed by atoms with van der Waals surface area (Å²) in [4.78, 5) is 33.0. The van der Waals surface area contributed by atoms with Gasteiger partial charge in [-0.25, -0.2) is 4.79 Å². The van der Waals surface area contributed by atoms with Crippen molar-refractivity contribution in [2.45, 2.75) is 39.8 Å². The third kappa shape index (κ3) is 4.77. The van der Waals surface area contributed by atoms with E-state index in [0.717, 1.165) is 0 Å². The van der Waals surface area contributed by atoms with E-state index in [-0.39, 0.29) is 11.8 Å². The van der Waals surface area contributed by atoms with Crippen molar-refractivity contribution in [2.24, 2.45) is 5.92 Å². The zero-order valence-corrected chi connectivity index (χ0v) is 9.90. The molecule has 16 heavy (non-hydrogen) atoms. The molecule has 6 heteroatoms. The fraction of sp³-hybridized carbons (Fsp3) is 0.700. The lowest BCUT2D eigenvalue weighted by atomic mass is 10.0. The summed E-state index contributed by atoms with van der Waals surface area (Å²) in [6, 6.07) is -1.68. The molecule has 0 saturated carbocycles. The van der Waals surface area contributed by atoms with Crippen LogP contribution in [0.25, 0.3) is 0 Å². The van der Waals surface area contributed by atoms with E-state index < -0.39 is 24.0 Å². The molecule has 0 aromatic rings. The first-order valence-electron chi connectivity index (χ1n) is 5.06. The van der Waals surface area contributed by atoms with Crippen molar-refractivity contribution in [1.82, 2.24) is 10.6 Å². The third-order valence-corrected chi connectivity index (χ3v) is 2.04. The van der Waals surface area contributed by atoms with Crippen LogP contribution in [0.2, 0.25) is 0 Å². The van der Waals surface area contributed by atoms with Gasteiger partial charge in [-0.15, -0.1) is 0 Å². The first-order chi connectivity index (χ1) is 7.25. The van der Waals surface area contributed by atoms with Crippen LogP contribution in [-0.2, 0) is 14.4 Å². The average Bonchev–Trinajstić information content (AvgIpc) is 2.11. The van der Waals surface area contributed by atoms with Gasteiger partial charge in [-0.3, -0.25) is 9.59 Å². The van der Waals surface area contributed by atoms with Crippen molar-refractivity contribution >= 4 is 17.8 Å².